The molecular formula is C84H107Cl2N13O22. The summed E-state index contributed by atoms with van der Waals surface area (Å²) >= 11 is 14.5. The van der Waals surface area contributed by atoms with Crippen molar-refractivity contribution in [1.82, 2.24) is 58.2 Å². The Balaban J connectivity index is 1.08. The molecule has 1 aromatic heterocycles. The van der Waals surface area contributed by atoms with Crippen molar-refractivity contribution in [3.8, 4) is 57.1 Å². The van der Waals surface area contributed by atoms with Gasteiger partial charge in [0, 0.05) is 67.7 Å². The van der Waals surface area contributed by atoms with Gasteiger partial charge in [-0.25, -0.2) is 0 Å². The number of aromatic nitrogens is 1. The molecule has 22 N–H and O–H groups in total. The van der Waals surface area contributed by atoms with Crippen LogP contribution in [0.25, 0.3) is 11.1 Å². The van der Waals surface area contributed by atoms with E-state index in [0.29, 0.717) is 18.7 Å². The Morgan fingerprint density at radius 2 is 1.31 bits per heavy atom. The van der Waals surface area contributed by atoms with Crippen LogP contribution in [0.5, 0.6) is 46.0 Å². The summed E-state index contributed by atoms with van der Waals surface area (Å²) in [6.07, 6.45) is -5.31. The molecular weight excluding hydrogens is 1610 g/mol. The molecule has 0 saturated carbocycles. The summed E-state index contributed by atoms with van der Waals surface area (Å²) in [5.74, 6) is -14.3. The molecule has 35 nitrogen and oxygen atoms in total. The molecule has 37 heteroatoms. The number of pyridine rings is 1. The molecule has 0 radical (unpaired) electrons. The second-order valence-corrected chi connectivity index (χ2v) is 32.4. The van der Waals surface area contributed by atoms with Gasteiger partial charge in [-0.3, -0.25) is 43.3 Å². The SMILES string of the molecule is CCCCCCCCCCNCCN[C@@]1(C)C[C@H](O[C@H]2[C@H](Oc3c4cc5cc3Oc3ccc(cc3Cl)[C@@H](O)[C@@H](NC(=O)[C@@H](CC(C)C)NC)C(=O)N[C@@H](CC(N)=O)C(=O)N[C@H]5C(=O)N[C@H]3C(=O)N[C@H](C(=O)N[C@H](C(=O)NCc5ccncc5)c5cc(O)cc(O)c5-c5cc3ccc5O)[C@H](O)c3ccc(c(Cl)c3)O4)O[C@H](CN)[C@@H](O)[C@@H]2O)O[C@@H](C)[C@H]1O. The lowest BCUT2D eigenvalue weighted by atomic mass is 9.85. The van der Waals surface area contributed by atoms with Gasteiger partial charge in [-0.2, -0.15) is 0 Å². The lowest BCUT2D eigenvalue weighted by Crippen LogP contribution is -2.66. The van der Waals surface area contributed by atoms with Crippen molar-refractivity contribution in [2.45, 2.75) is 221 Å². The number of likely N-dealkylation sites (N-methyl/N-ethyl adjacent to an activating group) is 1. The first-order chi connectivity index (χ1) is 57.8. The monoisotopic (exact) mass is 1720 g/mol. The van der Waals surface area contributed by atoms with Crippen molar-refractivity contribution in [2.24, 2.45) is 17.4 Å². The van der Waals surface area contributed by atoms with Gasteiger partial charge < -0.3 is 134 Å². The molecule has 654 valence electrons. The summed E-state index contributed by atoms with van der Waals surface area (Å²) in [4.78, 5) is 125. The fourth-order valence-electron chi connectivity index (χ4n) is 15.4. The van der Waals surface area contributed by atoms with Gasteiger partial charge in [0.1, 0.15) is 95.5 Å². The van der Waals surface area contributed by atoms with Crippen LogP contribution in [0.4, 0.5) is 0 Å². The molecule has 0 unspecified atom stereocenters. The van der Waals surface area contributed by atoms with E-state index < -0.39 is 215 Å². The number of aliphatic hydroxyl groups is 5. The average molecular weight is 1720 g/mol. The van der Waals surface area contributed by atoms with Gasteiger partial charge in [0.05, 0.1) is 34.7 Å². The number of aliphatic hydroxyl groups excluding tert-OH is 5. The third-order valence-electron chi connectivity index (χ3n) is 22.1. The number of amides is 8. The number of fused-ring (bicyclic) bond motifs is 15. The van der Waals surface area contributed by atoms with Gasteiger partial charge in [-0.1, -0.05) is 107 Å². The number of primary amides is 1. The molecule has 8 amide bonds. The number of nitrogens with zero attached hydrogens (tertiary/aromatic N) is 1. The maximum atomic E-state index is 16.4. The number of aromatic hydroxyl groups is 3. The number of phenols is 3. The number of ether oxygens (including phenoxy) is 6. The molecule has 7 aliphatic rings. The third-order valence-corrected chi connectivity index (χ3v) is 22.6. The fourth-order valence-corrected chi connectivity index (χ4v) is 15.9. The molecule has 2 saturated heterocycles. The van der Waals surface area contributed by atoms with Crippen molar-refractivity contribution in [1.29, 1.82) is 0 Å². The van der Waals surface area contributed by atoms with Crippen LogP contribution in [-0.4, -0.2) is 205 Å². The van der Waals surface area contributed by atoms with E-state index in [1.165, 1.54) is 81.9 Å². The second kappa shape index (κ2) is 41.2. The topological polar surface area (TPSA) is 539 Å². The zero-order valence-electron chi connectivity index (χ0n) is 67.7. The largest absolute Gasteiger partial charge is 0.508 e. The van der Waals surface area contributed by atoms with Crippen LogP contribution >= 0.6 is 23.2 Å². The molecule has 6 aromatic rings. The molecule has 8 heterocycles. The van der Waals surface area contributed by atoms with Crippen LogP contribution in [0, 0.1) is 5.92 Å². The van der Waals surface area contributed by atoms with Crippen LogP contribution in [0.2, 0.25) is 10.0 Å². The summed E-state index contributed by atoms with van der Waals surface area (Å²) in [5, 5.41) is 123. The van der Waals surface area contributed by atoms with Gasteiger partial charge in [0.25, 0.3) is 0 Å². The number of carbonyl (C=O) groups is 8. The van der Waals surface area contributed by atoms with E-state index in [-0.39, 0.29) is 74.7 Å². The van der Waals surface area contributed by atoms with Crippen LogP contribution in [0.15, 0.2) is 103 Å². The Morgan fingerprint density at radius 1 is 0.678 bits per heavy atom. The minimum atomic E-state index is -2.33. The number of phenolic OH excluding ortho intramolecular Hbond substituents is 3. The Labute approximate surface area is 708 Å². The van der Waals surface area contributed by atoms with E-state index in [2.05, 4.69) is 65.1 Å². The maximum Gasteiger partial charge on any atom is 0.248 e. The van der Waals surface area contributed by atoms with Gasteiger partial charge in [0.15, 0.2) is 23.9 Å². The van der Waals surface area contributed by atoms with E-state index in [1.807, 2.05) is 13.8 Å². The van der Waals surface area contributed by atoms with Crippen LogP contribution in [0.1, 0.15) is 169 Å². The van der Waals surface area contributed by atoms with Crippen molar-refractivity contribution < 1.29 is 108 Å². The van der Waals surface area contributed by atoms with E-state index in [1.54, 1.807) is 26.0 Å². The van der Waals surface area contributed by atoms with Gasteiger partial charge in [-0.05, 0) is 146 Å². The molecule has 5 aromatic carbocycles. The molecule has 121 heavy (non-hydrogen) atoms. The fraction of sp³-hybridized carbons (Fsp3) is 0.488. The normalized spacial score (nSPS) is 26.5. The third kappa shape index (κ3) is 22.2. The molecule has 0 aliphatic carbocycles. The second-order valence-electron chi connectivity index (χ2n) is 31.6. The number of nitrogens with one attached hydrogen (secondary N) is 10. The number of hydrogen-bond acceptors (Lipinski definition) is 27. The molecule has 0 spiro atoms. The first kappa shape index (κ1) is 91.6. The van der Waals surface area contributed by atoms with Crippen molar-refractivity contribution in [2.75, 3.05) is 33.2 Å². The highest BCUT2D eigenvalue weighted by atomic mass is 35.5. The Bertz CT molecular complexity index is 4710. The smallest absolute Gasteiger partial charge is 0.248 e. The lowest BCUT2D eigenvalue weighted by molar-refractivity contribution is -0.331. The maximum absolute atomic E-state index is 16.4. The van der Waals surface area contributed by atoms with Crippen molar-refractivity contribution in [3.05, 3.63) is 147 Å². The zero-order chi connectivity index (χ0) is 87.3. The lowest BCUT2D eigenvalue weighted by Gasteiger charge is -2.48. The predicted octanol–water partition coefficient (Wildman–Crippen LogP) is 4.06. The van der Waals surface area contributed by atoms with Gasteiger partial charge >= 0.3 is 0 Å². The first-order valence-electron chi connectivity index (χ1n) is 40.4. The molecule has 2 fully saturated rings. The van der Waals surface area contributed by atoms with E-state index >= 15 is 24.0 Å². The Kier molecular flexibility index (Phi) is 31.2. The van der Waals surface area contributed by atoms with E-state index in [0.717, 1.165) is 74.3 Å². The quantitative estimate of drug-likeness (QED) is 0.0308. The number of carbonyl (C=O) groups excluding carboxylic acids is 8. The number of rotatable bonds is 28. The average Bonchev–Trinajstić information content (AvgIpc) is 0.764. The predicted molar refractivity (Wildman–Crippen MR) is 439 cm³/mol. The zero-order valence-corrected chi connectivity index (χ0v) is 69.2. The molecule has 7 aliphatic heterocycles. The van der Waals surface area contributed by atoms with E-state index in [9.17, 15) is 55.2 Å². The highest BCUT2D eigenvalue weighted by molar-refractivity contribution is 6.32. The minimum absolute atomic E-state index is 0.0798. The van der Waals surface area contributed by atoms with Crippen LogP contribution in [-0.2, 0) is 59.1 Å². The summed E-state index contributed by atoms with van der Waals surface area (Å²) in [6.45, 7) is 10.3. The highest BCUT2D eigenvalue weighted by Gasteiger charge is 2.52. The summed E-state index contributed by atoms with van der Waals surface area (Å²) < 4.78 is 40.0. The summed E-state index contributed by atoms with van der Waals surface area (Å²) in [5.41, 5.74) is 9.26. The number of benzene rings is 5. The Hall–Kier alpha value is -10.1. The summed E-state index contributed by atoms with van der Waals surface area (Å²) in [7, 11) is 1.49. The molecule has 13 rings (SSSR count). The molecule has 18 atom stereocenters. The first-order valence-corrected chi connectivity index (χ1v) is 41.2. The number of unbranched alkanes of at least 4 members (excludes halogenated alkanes) is 7. The van der Waals surface area contributed by atoms with Crippen molar-refractivity contribution >= 4 is 70.5 Å². The standard InChI is InChI=1S/C84H107Cl2N13O22/c1-7-8-9-10-11-12-13-14-23-90-26-27-93-84(5)37-62(116-41(4)75(84)108)120-74-72(107)71(106)60(38-87)119-83(74)121-73-58-32-46-33-59(73)118-57-20-17-45(31-51(57)86)70(105)68-82(115)97-66(78(111)92-39-42-21-24-91-25-22-42)49-34-47(100)35-55(102)63(49)48-29-43(15-18-54(48)101)64(79(112)99-68)96-80(113)65(46)95-77(110)53(36-61(88)103)94-81(114)67(98-76(109)52(89-6)28-40(2)3)69(104)44-16-19-56(117-58)50(85)30-44/h15-22,24-25,29-35,40-41,52-53,60,62,64-72,74-75,83,89-90,93,100-102,104-108H,7-14,23,26-28,36-39,87H2,1-6H3,(H2,88,103)(H,92,111)(H,94,114)(H,95,110)(H,96,113)(H,97,115)(H,98,109)(H,99,112)/t41-,52+,53-,60+,62-,64+,65+,66-,67+,68-,69+,70+,71+,72-,74+,75+,83-,84-/m0/s1. The molecule has 11 bridgehead atoms. The number of halogens is 2. The van der Waals surface area contributed by atoms with Gasteiger partial charge in [-0.15, -0.1) is 0 Å². The number of hydrogen-bond donors (Lipinski definition) is 20. The van der Waals surface area contributed by atoms with Crippen LogP contribution < -0.4 is 78.8 Å². The minimum Gasteiger partial charge on any atom is -0.508 e. The summed E-state index contributed by atoms with van der Waals surface area (Å²) in [6, 6.07) is 3.90. The van der Waals surface area contributed by atoms with E-state index in [4.69, 9.17) is 63.1 Å². The van der Waals surface area contributed by atoms with Crippen LogP contribution in [0.3, 0.4) is 0 Å². The number of nitrogens with two attached hydrogens (primary N) is 2. The van der Waals surface area contributed by atoms with Crippen molar-refractivity contribution in [3.63, 3.8) is 0 Å². The Morgan fingerprint density at radius 3 is 1.94 bits per heavy atom. The van der Waals surface area contributed by atoms with Gasteiger partial charge in [0.2, 0.25) is 59.3 Å². The highest BCUT2D eigenvalue weighted by Crippen LogP contribution is 2.50.